The van der Waals surface area contributed by atoms with Gasteiger partial charge in [0.15, 0.2) is 0 Å². The second-order valence-corrected chi connectivity index (χ2v) is 2.88. The Morgan fingerprint density at radius 1 is 1.38 bits per heavy atom. The molecule has 3 nitrogen and oxygen atoms in total. The highest BCUT2D eigenvalue weighted by molar-refractivity contribution is 5.68. The summed E-state index contributed by atoms with van der Waals surface area (Å²) >= 11 is 0. The van der Waals surface area contributed by atoms with Crippen LogP contribution in [0.5, 0.6) is 0 Å². The Morgan fingerprint density at radius 2 is 1.85 bits per heavy atom. The fourth-order valence-electron chi connectivity index (χ4n) is 0.359. The molecule has 3 heteroatoms. The van der Waals surface area contributed by atoms with E-state index in [1.54, 1.807) is 13.8 Å². The van der Waals surface area contributed by atoms with Crippen LogP contribution < -0.4 is 0 Å². The van der Waals surface area contributed by atoms with Crippen LogP contribution in [0.1, 0.15) is 33.6 Å². The second-order valence-electron chi connectivity index (χ2n) is 2.88. The van der Waals surface area contributed by atoms with Crippen molar-refractivity contribution in [1.29, 1.82) is 0 Å². The molecule has 0 atom stereocenters. The zero-order valence-corrected chi connectivity index (χ0v) is 8.66. The van der Waals surface area contributed by atoms with Crippen molar-refractivity contribution < 1.29 is 15.0 Å². The average Bonchev–Trinajstić information content (AvgIpc) is 2.06. The number of carbonyl (C=O) groups is 1. The lowest BCUT2D eigenvalue weighted by Crippen LogP contribution is -2.03. The summed E-state index contributed by atoms with van der Waals surface area (Å²) in [5.74, 6) is -0.972. The van der Waals surface area contributed by atoms with Crippen LogP contribution in [-0.4, -0.2) is 22.8 Å². The van der Waals surface area contributed by atoms with E-state index in [0.29, 0.717) is 0 Å². The molecule has 0 saturated carbocycles. The van der Waals surface area contributed by atoms with Crippen molar-refractivity contribution in [3.05, 3.63) is 12.2 Å². The Hall–Kier alpha value is -0.830. The smallest absolute Gasteiger partial charge is 0.305 e. The van der Waals surface area contributed by atoms with Gasteiger partial charge in [-0.05, 0) is 12.8 Å². The van der Waals surface area contributed by atoms with E-state index < -0.39 is 5.97 Å². The van der Waals surface area contributed by atoms with Gasteiger partial charge >= 0.3 is 5.97 Å². The molecule has 13 heavy (non-hydrogen) atoms. The molecule has 0 bridgehead atoms. The van der Waals surface area contributed by atoms with Gasteiger partial charge in [0.05, 0.1) is 5.92 Å². The van der Waals surface area contributed by atoms with Gasteiger partial charge < -0.3 is 10.2 Å². The SMILES string of the molecule is CC(C)C(=O)O.CC/C=C\CCO. The summed E-state index contributed by atoms with van der Waals surface area (Å²) in [5.41, 5.74) is 0. The molecule has 0 spiro atoms. The molecule has 2 N–H and O–H groups in total. The van der Waals surface area contributed by atoms with Crippen LogP contribution >= 0.6 is 0 Å². The Kier molecular flexibility index (Phi) is 12.6. The van der Waals surface area contributed by atoms with Gasteiger partial charge in [0, 0.05) is 6.61 Å². The third-order valence-corrected chi connectivity index (χ3v) is 1.19. The van der Waals surface area contributed by atoms with Crippen LogP contribution in [0, 0.1) is 5.92 Å². The molecule has 0 aliphatic rings. The monoisotopic (exact) mass is 188 g/mol. The van der Waals surface area contributed by atoms with Gasteiger partial charge in [-0.3, -0.25) is 4.79 Å². The van der Waals surface area contributed by atoms with E-state index in [1.165, 1.54) is 0 Å². The predicted octanol–water partition coefficient (Wildman–Crippen LogP) is 2.06. The van der Waals surface area contributed by atoms with Gasteiger partial charge in [0.1, 0.15) is 0 Å². The Labute approximate surface area is 80.1 Å². The average molecular weight is 188 g/mol. The maximum absolute atomic E-state index is 9.70. The molecule has 0 aliphatic carbocycles. The van der Waals surface area contributed by atoms with Gasteiger partial charge in [-0.15, -0.1) is 0 Å². The maximum Gasteiger partial charge on any atom is 0.305 e. The minimum Gasteiger partial charge on any atom is -0.481 e. The van der Waals surface area contributed by atoms with E-state index in [9.17, 15) is 4.79 Å². The highest BCUT2D eigenvalue weighted by Crippen LogP contribution is 1.87. The van der Waals surface area contributed by atoms with E-state index in [2.05, 4.69) is 13.0 Å². The van der Waals surface area contributed by atoms with Crippen molar-refractivity contribution in [2.24, 2.45) is 5.92 Å². The van der Waals surface area contributed by atoms with Crippen molar-refractivity contribution in [1.82, 2.24) is 0 Å². The number of rotatable bonds is 4. The zero-order chi connectivity index (χ0) is 10.7. The lowest BCUT2D eigenvalue weighted by Gasteiger charge is -1.89. The van der Waals surface area contributed by atoms with Gasteiger partial charge in [0.25, 0.3) is 0 Å². The molecule has 0 radical (unpaired) electrons. The molecule has 0 amide bonds. The molecule has 0 saturated heterocycles. The molecular formula is C10H20O3. The number of allylic oxidation sites excluding steroid dienone is 1. The largest absolute Gasteiger partial charge is 0.481 e. The third kappa shape index (κ3) is 18.3. The highest BCUT2D eigenvalue weighted by atomic mass is 16.4. The first-order valence-electron chi connectivity index (χ1n) is 4.54. The first-order valence-corrected chi connectivity index (χ1v) is 4.54. The molecule has 0 aromatic carbocycles. The van der Waals surface area contributed by atoms with Gasteiger partial charge in [0.2, 0.25) is 0 Å². The fraction of sp³-hybridized carbons (Fsp3) is 0.700. The summed E-state index contributed by atoms with van der Waals surface area (Å²) in [5, 5.41) is 16.2. The molecule has 0 rings (SSSR count). The lowest BCUT2D eigenvalue weighted by molar-refractivity contribution is -0.140. The Bertz CT molecular complexity index is 139. The molecule has 0 aromatic rings. The van der Waals surface area contributed by atoms with Crippen LogP contribution in [0.25, 0.3) is 0 Å². The minimum absolute atomic E-state index is 0.231. The normalized spacial score (nSPS) is 9.92. The van der Waals surface area contributed by atoms with Crippen molar-refractivity contribution in [3.63, 3.8) is 0 Å². The summed E-state index contributed by atoms with van der Waals surface area (Å²) in [6, 6.07) is 0. The van der Waals surface area contributed by atoms with Gasteiger partial charge in [-0.2, -0.15) is 0 Å². The van der Waals surface area contributed by atoms with Crippen LogP contribution in [0.4, 0.5) is 0 Å². The minimum atomic E-state index is -0.741. The van der Waals surface area contributed by atoms with Gasteiger partial charge in [-0.25, -0.2) is 0 Å². The van der Waals surface area contributed by atoms with Crippen molar-refractivity contribution >= 4 is 5.97 Å². The van der Waals surface area contributed by atoms with Crippen LogP contribution in [0.15, 0.2) is 12.2 Å². The lowest BCUT2D eigenvalue weighted by atomic mass is 10.2. The number of aliphatic hydroxyl groups excluding tert-OH is 1. The molecule has 78 valence electrons. The molecule has 0 fully saturated rings. The summed E-state index contributed by atoms with van der Waals surface area (Å²) < 4.78 is 0. The highest BCUT2D eigenvalue weighted by Gasteiger charge is 1.99. The summed E-state index contributed by atoms with van der Waals surface area (Å²) in [6.45, 7) is 5.63. The van der Waals surface area contributed by atoms with Gasteiger partial charge in [-0.1, -0.05) is 32.9 Å². The molecule has 0 aromatic heterocycles. The van der Waals surface area contributed by atoms with Crippen LogP contribution in [0.2, 0.25) is 0 Å². The third-order valence-electron chi connectivity index (χ3n) is 1.19. The number of hydrogen-bond acceptors (Lipinski definition) is 2. The van der Waals surface area contributed by atoms with Crippen molar-refractivity contribution in [2.45, 2.75) is 33.6 Å². The molecule has 0 unspecified atom stereocenters. The number of aliphatic carboxylic acids is 1. The zero-order valence-electron chi connectivity index (χ0n) is 8.66. The van der Waals surface area contributed by atoms with E-state index in [-0.39, 0.29) is 12.5 Å². The molecule has 0 heterocycles. The van der Waals surface area contributed by atoms with E-state index in [0.717, 1.165) is 12.8 Å². The van der Waals surface area contributed by atoms with Crippen LogP contribution in [-0.2, 0) is 4.79 Å². The quantitative estimate of drug-likeness (QED) is 0.664. The predicted molar refractivity (Wildman–Crippen MR) is 53.6 cm³/mol. The second kappa shape index (κ2) is 11.2. The summed E-state index contributed by atoms with van der Waals surface area (Å²) in [7, 11) is 0. The Morgan fingerprint density at radius 3 is 2.08 bits per heavy atom. The van der Waals surface area contributed by atoms with Crippen molar-refractivity contribution in [3.8, 4) is 0 Å². The topological polar surface area (TPSA) is 57.5 Å². The number of aliphatic hydroxyl groups is 1. The number of hydrogen-bond donors (Lipinski definition) is 2. The molecular weight excluding hydrogens is 168 g/mol. The maximum atomic E-state index is 9.70. The van der Waals surface area contributed by atoms with Crippen molar-refractivity contribution in [2.75, 3.05) is 6.61 Å². The van der Waals surface area contributed by atoms with E-state index in [1.807, 2.05) is 6.08 Å². The van der Waals surface area contributed by atoms with Crippen LogP contribution in [0.3, 0.4) is 0 Å². The first-order chi connectivity index (χ1) is 6.06. The van der Waals surface area contributed by atoms with E-state index >= 15 is 0 Å². The Balaban J connectivity index is 0. The standard InChI is InChI=1S/C6H12O.C4H8O2/c1-2-3-4-5-6-7;1-3(2)4(5)6/h3-4,7H,2,5-6H2,1H3;3H,1-2H3,(H,5,6)/b4-3-;. The fourth-order valence-corrected chi connectivity index (χ4v) is 0.359. The summed E-state index contributed by atoms with van der Waals surface area (Å²) in [6.07, 6.45) is 5.91. The first kappa shape index (κ1) is 14.7. The molecule has 0 aliphatic heterocycles. The number of carboxylic acid groups (broad SMARTS) is 1. The number of carboxylic acids is 1. The van der Waals surface area contributed by atoms with E-state index in [4.69, 9.17) is 10.2 Å². The summed E-state index contributed by atoms with van der Waals surface area (Å²) in [4.78, 5) is 9.70.